The van der Waals surface area contributed by atoms with Gasteiger partial charge < -0.3 is 15.4 Å². The number of hydrogen-bond acceptors (Lipinski definition) is 5. The molecule has 28 heavy (non-hydrogen) atoms. The Morgan fingerprint density at radius 1 is 0.964 bits per heavy atom. The molecule has 0 bridgehead atoms. The third-order valence-electron chi connectivity index (χ3n) is 4.01. The van der Waals surface area contributed by atoms with E-state index in [1.165, 1.54) is 12.4 Å². The molecule has 8 heteroatoms. The molecular weight excluding hydrogens is 369 g/mol. The fourth-order valence-corrected chi connectivity index (χ4v) is 2.57. The fraction of sp³-hybridized carbons (Fsp3) is 0.200. The zero-order chi connectivity index (χ0) is 20.0. The average Bonchev–Trinajstić information content (AvgIpc) is 2.68. The highest BCUT2D eigenvalue weighted by molar-refractivity contribution is 5.59. The van der Waals surface area contributed by atoms with Gasteiger partial charge in [-0.15, -0.1) is 0 Å². The van der Waals surface area contributed by atoms with E-state index in [9.17, 15) is 13.2 Å². The van der Waals surface area contributed by atoms with Crippen molar-refractivity contribution in [3.8, 4) is 5.75 Å². The fourth-order valence-electron chi connectivity index (χ4n) is 2.57. The number of hydrogen-bond donors (Lipinski definition) is 2. The van der Waals surface area contributed by atoms with Gasteiger partial charge in [-0.1, -0.05) is 18.2 Å². The lowest BCUT2D eigenvalue weighted by atomic mass is 10.1. The van der Waals surface area contributed by atoms with Gasteiger partial charge in [0.1, 0.15) is 23.7 Å². The first-order valence-electron chi connectivity index (χ1n) is 8.57. The lowest BCUT2D eigenvalue weighted by Gasteiger charge is -2.11. The van der Waals surface area contributed by atoms with Crippen molar-refractivity contribution in [3.05, 3.63) is 72.1 Å². The number of anilines is 3. The number of aromatic nitrogens is 2. The van der Waals surface area contributed by atoms with Crippen molar-refractivity contribution in [2.45, 2.75) is 12.6 Å². The van der Waals surface area contributed by atoms with E-state index >= 15 is 0 Å². The van der Waals surface area contributed by atoms with Gasteiger partial charge in [-0.25, -0.2) is 9.97 Å². The third kappa shape index (κ3) is 5.35. The maximum atomic E-state index is 12.8. The van der Waals surface area contributed by atoms with Crippen molar-refractivity contribution in [1.82, 2.24) is 9.97 Å². The molecule has 1 aromatic heterocycles. The first-order valence-corrected chi connectivity index (χ1v) is 8.57. The Balaban J connectivity index is 1.59. The molecule has 2 aromatic carbocycles. The molecule has 0 spiro atoms. The average molecular weight is 388 g/mol. The molecule has 0 atom stereocenters. The third-order valence-corrected chi connectivity index (χ3v) is 4.01. The van der Waals surface area contributed by atoms with E-state index in [1.807, 2.05) is 24.3 Å². The summed E-state index contributed by atoms with van der Waals surface area (Å²) in [5.41, 5.74) is 0.728. The Hall–Kier alpha value is -3.29. The topological polar surface area (TPSA) is 59.1 Å². The quantitative estimate of drug-likeness (QED) is 0.603. The molecule has 0 radical (unpaired) electrons. The molecule has 0 aliphatic rings. The second-order valence-electron chi connectivity index (χ2n) is 6.02. The van der Waals surface area contributed by atoms with Crippen molar-refractivity contribution >= 4 is 17.3 Å². The minimum atomic E-state index is -4.39. The van der Waals surface area contributed by atoms with Gasteiger partial charge >= 0.3 is 6.18 Å². The zero-order valence-corrected chi connectivity index (χ0v) is 15.1. The van der Waals surface area contributed by atoms with Crippen molar-refractivity contribution < 1.29 is 17.9 Å². The maximum Gasteiger partial charge on any atom is 0.416 e. The highest BCUT2D eigenvalue weighted by Gasteiger charge is 2.30. The number of alkyl halides is 3. The Kier molecular flexibility index (Phi) is 5.98. The van der Waals surface area contributed by atoms with Crippen LogP contribution in [0.1, 0.15) is 11.1 Å². The molecule has 3 aromatic rings. The molecule has 0 amide bonds. The summed E-state index contributed by atoms with van der Waals surface area (Å²) in [6.07, 6.45) is -2.26. The van der Waals surface area contributed by atoms with Crippen LogP contribution >= 0.6 is 0 Å². The number of nitrogens with one attached hydrogen (secondary N) is 2. The van der Waals surface area contributed by atoms with Gasteiger partial charge in [0.2, 0.25) is 0 Å². The zero-order valence-electron chi connectivity index (χ0n) is 15.1. The maximum absolute atomic E-state index is 12.8. The molecule has 0 unspecified atom stereocenters. The van der Waals surface area contributed by atoms with Crippen LogP contribution in [0.15, 0.2) is 60.9 Å². The minimum absolute atomic E-state index is 0.303. The van der Waals surface area contributed by atoms with Gasteiger partial charge in [0, 0.05) is 18.3 Å². The SMILES string of the molecule is COc1ccc(CCNc2cc(Nc3cccc(C(F)(F)F)c3)ncn2)cc1. The Morgan fingerprint density at radius 3 is 2.43 bits per heavy atom. The summed E-state index contributed by atoms with van der Waals surface area (Å²) in [7, 11) is 1.62. The Morgan fingerprint density at radius 2 is 1.71 bits per heavy atom. The Labute approximate surface area is 160 Å². The van der Waals surface area contributed by atoms with E-state index in [2.05, 4.69) is 20.6 Å². The number of ether oxygens (including phenoxy) is 1. The number of benzene rings is 2. The molecule has 0 aliphatic carbocycles. The molecule has 146 valence electrons. The van der Waals surface area contributed by atoms with Crippen molar-refractivity contribution in [1.29, 1.82) is 0 Å². The van der Waals surface area contributed by atoms with E-state index in [0.29, 0.717) is 23.9 Å². The van der Waals surface area contributed by atoms with Crippen LogP contribution in [-0.2, 0) is 12.6 Å². The van der Waals surface area contributed by atoms with Gasteiger partial charge in [0.25, 0.3) is 0 Å². The van der Waals surface area contributed by atoms with Crippen LogP contribution in [0.4, 0.5) is 30.5 Å². The normalized spacial score (nSPS) is 11.1. The van der Waals surface area contributed by atoms with Crippen molar-refractivity contribution in [2.75, 3.05) is 24.3 Å². The Bertz CT molecular complexity index is 914. The van der Waals surface area contributed by atoms with Gasteiger partial charge in [-0.05, 0) is 42.3 Å². The smallest absolute Gasteiger partial charge is 0.416 e. The number of nitrogens with zero attached hydrogens (tertiary/aromatic N) is 2. The van der Waals surface area contributed by atoms with Crippen LogP contribution < -0.4 is 15.4 Å². The van der Waals surface area contributed by atoms with Crippen molar-refractivity contribution in [3.63, 3.8) is 0 Å². The van der Waals surface area contributed by atoms with E-state index in [4.69, 9.17) is 4.74 Å². The molecule has 0 saturated carbocycles. The van der Waals surface area contributed by atoms with Crippen LogP contribution in [0.3, 0.4) is 0 Å². The molecule has 0 aliphatic heterocycles. The summed E-state index contributed by atoms with van der Waals surface area (Å²) >= 11 is 0. The first-order chi connectivity index (χ1) is 13.4. The number of rotatable bonds is 7. The van der Waals surface area contributed by atoms with Crippen LogP contribution in [0.2, 0.25) is 0 Å². The van der Waals surface area contributed by atoms with Crippen LogP contribution in [0, 0.1) is 0 Å². The first kappa shape index (κ1) is 19.5. The van der Waals surface area contributed by atoms with E-state index < -0.39 is 11.7 Å². The lowest BCUT2D eigenvalue weighted by Crippen LogP contribution is -2.07. The summed E-state index contributed by atoms with van der Waals surface area (Å²) in [4.78, 5) is 8.19. The molecule has 0 fully saturated rings. The summed E-state index contributed by atoms with van der Waals surface area (Å²) < 4.78 is 43.6. The molecule has 2 N–H and O–H groups in total. The molecular formula is C20H19F3N4O. The highest BCUT2D eigenvalue weighted by Crippen LogP contribution is 2.31. The standard InChI is InChI=1S/C20H19F3N4O/c1-28-17-7-5-14(6-8-17)9-10-24-18-12-19(26-13-25-18)27-16-4-2-3-15(11-16)20(21,22)23/h2-8,11-13H,9-10H2,1H3,(H2,24,25,26,27). The molecule has 1 heterocycles. The number of halogens is 3. The minimum Gasteiger partial charge on any atom is -0.497 e. The second-order valence-corrected chi connectivity index (χ2v) is 6.02. The van der Waals surface area contributed by atoms with Gasteiger partial charge in [-0.3, -0.25) is 0 Å². The highest BCUT2D eigenvalue weighted by atomic mass is 19.4. The predicted octanol–water partition coefficient (Wildman–Crippen LogP) is 4.90. The summed E-state index contributed by atoms with van der Waals surface area (Å²) in [5, 5.41) is 6.05. The van der Waals surface area contributed by atoms with E-state index in [-0.39, 0.29) is 0 Å². The lowest BCUT2D eigenvalue weighted by molar-refractivity contribution is -0.137. The van der Waals surface area contributed by atoms with E-state index in [1.54, 1.807) is 19.2 Å². The van der Waals surface area contributed by atoms with Gasteiger partial charge in [-0.2, -0.15) is 13.2 Å². The number of methoxy groups -OCH3 is 1. The monoisotopic (exact) mass is 388 g/mol. The van der Waals surface area contributed by atoms with Gasteiger partial charge in [0.05, 0.1) is 12.7 Å². The second kappa shape index (κ2) is 8.60. The van der Waals surface area contributed by atoms with Crippen LogP contribution in [0.5, 0.6) is 5.75 Å². The van der Waals surface area contributed by atoms with E-state index in [0.717, 1.165) is 29.9 Å². The van der Waals surface area contributed by atoms with Crippen molar-refractivity contribution in [2.24, 2.45) is 0 Å². The van der Waals surface area contributed by atoms with Crippen LogP contribution in [0.25, 0.3) is 0 Å². The van der Waals surface area contributed by atoms with Crippen LogP contribution in [-0.4, -0.2) is 23.6 Å². The predicted molar refractivity (Wildman–Crippen MR) is 102 cm³/mol. The molecule has 0 saturated heterocycles. The molecule has 3 rings (SSSR count). The largest absolute Gasteiger partial charge is 0.497 e. The van der Waals surface area contributed by atoms with Gasteiger partial charge in [0.15, 0.2) is 0 Å². The summed E-state index contributed by atoms with van der Waals surface area (Å²) in [5.74, 6) is 1.79. The molecule has 5 nitrogen and oxygen atoms in total. The summed E-state index contributed by atoms with van der Waals surface area (Å²) in [6, 6.07) is 14.4. The summed E-state index contributed by atoms with van der Waals surface area (Å²) in [6.45, 7) is 0.645.